The van der Waals surface area contributed by atoms with Crippen LogP contribution in [0.15, 0.2) is 30.3 Å². The van der Waals surface area contributed by atoms with Gasteiger partial charge in [-0.2, -0.15) is 0 Å². The standard InChI is InChI=1S/C23H28N4O3/c1-16-19-7-8-20(29)27(14-9-17-5-3-2-4-6-17)23(19)25-22(24-16)18-10-12-26(13-11-18)21(30)15-28/h2-6,18,28H,7-15H2,1H3. The second-order valence-corrected chi connectivity index (χ2v) is 8.06. The number of aryl methyl sites for hydroxylation is 1. The summed E-state index contributed by atoms with van der Waals surface area (Å²) >= 11 is 0. The largest absolute Gasteiger partial charge is 0.387 e. The quantitative estimate of drug-likeness (QED) is 0.818. The first-order valence-electron chi connectivity index (χ1n) is 10.7. The lowest BCUT2D eigenvalue weighted by molar-refractivity contribution is -0.135. The van der Waals surface area contributed by atoms with Crippen LogP contribution in [0.3, 0.4) is 0 Å². The van der Waals surface area contributed by atoms with Crippen molar-refractivity contribution >= 4 is 17.6 Å². The van der Waals surface area contributed by atoms with Crippen LogP contribution in [0.4, 0.5) is 5.82 Å². The van der Waals surface area contributed by atoms with Crippen LogP contribution in [0.2, 0.25) is 0 Å². The molecule has 1 saturated heterocycles. The second-order valence-electron chi connectivity index (χ2n) is 8.06. The molecule has 2 amide bonds. The van der Waals surface area contributed by atoms with Crippen molar-refractivity contribution in [3.63, 3.8) is 0 Å². The summed E-state index contributed by atoms with van der Waals surface area (Å²) in [4.78, 5) is 37.6. The molecule has 1 aromatic heterocycles. The van der Waals surface area contributed by atoms with E-state index in [2.05, 4.69) is 12.1 Å². The SMILES string of the molecule is Cc1nc(C2CCN(C(=O)CO)CC2)nc2c1CCC(=O)N2CCc1ccccc1. The minimum Gasteiger partial charge on any atom is -0.387 e. The highest BCUT2D eigenvalue weighted by Gasteiger charge is 2.31. The second kappa shape index (κ2) is 8.92. The predicted octanol–water partition coefficient (Wildman–Crippen LogP) is 2.01. The maximum atomic E-state index is 12.7. The van der Waals surface area contributed by atoms with Crippen LogP contribution in [-0.4, -0.2) is 58.0 Å². The minimum atomic E-state index is -0.447. The number of likely N-dealkylation sites (tertiary alicyclic amines) is 1. The molecule has 2 aliphatic rings. The third-order valence-electron chi connectivity index (χ3n) is 6.17. The Morgan fingerprint density at radius 3 is 2.57 bits per heavy atom. The minimum absolute atomic E-state index is 0.117. The van der Waals surface area contributed by atoms with Crippen molar-refractivity contribution in [3.05, 3.63) is 53.0 Å². The van der Waals surface area contributed by atoms with E-state index in [4.69, 9.17) is 15.1 Å². The van der Waals surface area contributed by atoms with Gasteiger partial charge in [-0.05, 0) is 38.2 Å². The predicted molar refractivity (Wildman–Crippen MR) is 113 cm³/mol. The highest BCUT2D eigenvalue weighted by atomic mass is 16.3. The third-order valence-corrected chi connectivity index (χ3v) is 6.17. The van der Waals surface area contributed by atoms with Gasteiger partial charge in [0.15, 0.2) is 0 Å². The van der Waals surface area contributed by atoms with Crippen LogP contribution < -0.4 is 4.90 Å². The van der Waals surface area contributed by atoms with Gasteiger partial charge < -0.3 is 10.0 Å². The van der Waals surface area contributed by atoms with Crippen molar-refractivity contribution in [2.45, 2.75) is 44.9 Å². The number of carbonyl (C=O) groups excluding carboxylic acids is 2. The number of rotatable bonds is 5. The Morgan fingerprint density at radius 2 is 1.87 bits per heavy atom. The number of anilines is 1. The van der Waals surface area contributed by atoms with E-state index < -0.39 is 6.61 Å². The number of aliphatic hydroxyl groups excluding tert-OH is 1. The maximum absolute atomic E-state index is 12.7. The molecule has 0 bridgehead atoms. The lowest BCUT2D eigenvalue weighted by Gasteiger charge is -2.33. The first-order chi connectivity index (χ1) is 14.6. The molecule has 1 N–H and O–H groups in total. The Labute approximate surface area is 176 Å². The monoisotopic (exact) mass is 408 g/mol. The molecule has 0 atom stereocenters. The Bertz CT molecular complexity index is 924. The Morgan fingerprint density at radius 1 is 1.13 bits per heavy atom. The van der Waals surface area contributed by atoms with Crippen molar-refractivity contribution < 1.29 is 14.7 Å². The smallest absolute Gasteiger partial charge is 0.248 e. The van der Waals surface area contributed by atoms with E-state index >= 15 is 0 Å². The molecule has 0 spiro atoms. The van der Waals surface area contributed by atoms with Crippen molar-refractivity contribution in [2.24, 2.45) is 0 Å². The highest BCUT2D eigenvalue weighted by Crippen LogP contribution is 2.32. The van der Waals surface area contributed by atoms with Gasteiger partial charge in [0.05, 0.1) is 0 Å². The molecule has 1 fully saturated rings. The van der Waals surface area contributed by atoms with Gasteiger partial charge in [-0.25, -0.2) is 9.97 Å². The fourth-order valence-electron chi connectivity index (χ4n) is 4.39. The van der Waals surface area contributed by atoms with Crippen molar-refractivity contribution in [1.29, 1.82) is 0 Å². The number of carbonyl (C=O) groups is 2. The van der Waals surface area contributed by atoms with E-state index in [1.807, 2.05) is 30.0 Å². The summed E-state index contributed by atoms with van der Waals surface area (Å²) in [5, 5.41) is 9.07. The van der Waals surface area contributed by atoms with E-state index in [9.17, 15) is 9.59 Å². The molecule has 4 rings (SSSR count). The van der Waals surface area contributed by atoms with Gasteiger partial charge in [-0.1, -0.05) is 30.3 Å². The summed E-state index contributed by atoms with van der Waals surface area (Å²) in [5.41, 5.74) is 3.21. The molecular weight excluding hydrogens is 380 g/mol. The first-order valence-corrected chi connectivity index (χ1v) is 10.7. The molecule has 7 heteroatoms. The van der Waals surface area contributed by atoms with E-state index in [1.54, 1.807) is 4.90 Å². The van der Waals surface area contributed by atoms with E-state index in [-0.39, 0.29) is 17.7 Å². The normalized spacial score (nSPS) is 17.2. The molecule has 3 heterocycles. The van der Waals surface area contributed by atoms with Gasteiger partial charge in [0.2, 0.25) is 11.8 Å². The van der Waals surface area contributed by atoms with E-state index in [0.717, 1.165) is 42.2 Å². The molecule has 0 aliphatic carbocycles. The van der Waals surface area contributed by atoms with Crippen molar-refractivity contribution in [2.75, 3.05) is 31.1 Å². The van der Waals surface area contributed by atoms with Gasteiger partial charge in [0, 0.05) is 43.2 Å². The van der Waals surface area contributed by atoms with Gasteiger partial charge in [-0.15, -0.1) is 0 Å². The molecule has 0 radical (unpaired) electrons. The molecule has 30 heavy (non-hydrogen) atoms. The van der Waals surface area contributed by atoms with E-state index in [0.29, 0.717) is 32.5 Å². The van der Waals surface area contributed by atoms with Crippen molar-refractivity contribution in [3.8, 4) is 0 Å². The number of benzene rings is 1. The number of nitrogens with zero attached hydrogens (tertiary/aromatic N) is 4. The summed E-state index contributed by atoms with van der Waals surface area (Å²) in [6, 6.07) is 10.2. The zero-order valence-corrected chi connectivity index (χ0v) is 17.4. The average Bonchev–Trinajstić information content (AvgIpc) is 2.78. The molecule has 158 valence electrons. The average molecular weight is 409 g/mol. The lowest BCUT2D eigenvalue weighted by Crippen LogP contribution is -2.40. The Balaban J connectivity index is 1.54. The molecule has 0 saturated carbocycles. The molecule has 7 nitrogen and oxygen atoms in total. The number of amides is 2. The summed E-state index contributed by atoms with van der Waals surface area (Å²) in [5.74, 6) is 1.57. The number of hydrogen-bond acceptors (Lipinski definition) is 5. The van der Waals surface area contributed by atoms with Crippen LogP contribution >= 0.6 is 0 Å². The van der Waals surface area contributed by atoms with Crippen LogP contribution in [-0.2, 0) is 22.4 Å². The van der Waals surface area contributed by atoms with Gasteiger partial charge in [0.1, 0.15) is 18.2 Å². The number of piperidine rings is 1. The zero-order valence-electron chi connectivity index (χ0n) is 17.4. The molecular formula is C23H28N4O3. The molecule has 0 unspecified atom stereocenters. The third kappa shape index (κ3) is 4.21. The van der Waals surface area contributed by atoms with Crippen LogP contribution in [0.1, 0.15) is 47.8 Å². The Kier molecular flexibility index (Phi) is 6.08. The van der Waals surface area contributed by atoms with E-state index in [1.165, 1.54) is 5.56 Å². The summed E-state index contributed by atoms with van der Waals surface area (Å²) < 4.78 is 0. The highest BCUT2D eigenvalue weighted by molar-refractivity contribution is 5.95. The van der Waals surface area contributed by atoms with Crippen LogP contribution in [0.5, 0.6) is 0 Å². The first kappa shape index (κ1) is 20.5. The fraction of sp³-hybridized carbons (Fsp3) is 0.478. The molecule has 2 aliphatic heterocycles. The zero-order chi connectivity index (χ0) is 21.1. The van der Waals surface area contributed by atoms with Gasteiger partial charge in [0.25, 0.3) is 0 Å². The topological polar surface area (TPSA) is 86.6 Å². The summed E-state index contributed by atoms with van der Waals surface area (Å²) in [6.45, 7) is 3.35. The summed E-state index contributed by atoms with van der Waals surface area (Å²) in [7, 11) is 0. The van der Waals surface area contributed by atoms with Crippen molar-refractivity contribution in [1.82, 2.24) is 14.9 Å². The molecule has 1 aromatic carbocycles. The Hall–Kier alpha value is -2.80. The fourth-order valence-corrected chi connectivity index (χ4v) is 4.39. The summed E-state index contributed by atoms with van der Waals surface area (Å²) in [6.07, 6.45) is 3.49. The van der Waals surface area contributed by atoms with Crippen LogP contribution in [0, 0.1) is 6.92 Å². The van der Waals surface area contributed by atoms with Crippen LogP contribution in [0.25, 0.3) is 0 Å². The number of aliphatic hydroxyl groups is 1. The maximum Gasteiger partial charge on any atom is 0.248 e. The van der Waals surface area contributed by atoms with Gasteiger partial charge >= 0.3 is 0 Å². The number of aromatic nitrogens is 2. The lowest BCUT2D eigenvalue weighted by atomic mass is 9.94. The molecule has 2 aromatic rings. The number of hydrogen-bond donors (Lipinski definition) is 1. The number of fused-ring (bicyclic) bond motifs is 1. The van der Waals surface area contributed by atoms with Gasteiger partial charge in [-0.3, -0.25) is 14.5 Å².